The van der Waals surface area contributed by atoms with Crippen LogP contribution >= 0.6 is 0 Å². The Bertz CT molecular complexity index is 407. The number of fused-ring (bicyclic) bond motifs is 1. The van der Waals surface area contributed by atoms with Crippen LogP contribution in [0.3, 0.4) is 0 Å². The highest BCUT2D eigenvalue weighted by Crippen LogP contribution is 2.42. The zero-order chi connectivity index (χ0) is 11.7. The lowest BCUT2D eigenvalue weighted by atomic mass is 9.66. The van der Waals surface area contributed by atoms with Crippen LogP contribution in [0.1, 0.15) is 30.4 Å². The van der Waals surface area contributed by atoms with Gasteiger partial charge in [0.15, 0.2) is 0 Å². The lowest BCUT2D eigenvalue weighted by Crippen LogP contribution is -2.40. The van der Waals surface area contributed by atoms with Gasteiger partial charge in [-0.15, -0.1) is 0 Å². The number of aryl methyl sites for hydroxylation is 1. The van der Waals surface area contributed by atoms with Gasteiger partial charge in [-0.1, -0.05) is 6.07 Å². The monoisotopic (exact) mass is 231 g/mol. The third kappa shape index (κ3) is 2.06. The summed E-state index contributed by atoms with van der Waals surface area (Å²) in [4.78, 5) is 0. The molecule has 2 heteroatoms. The molecule has 0 atom stereocenters. The van der Waals surface area contributed by atoms with Gasteiger partial charge >= 0.3 is 0 Å². The minimum Gasteiger partial charge on any atom is -0.497 e. The zero-order valence-electron chi connectivity index (χ0n) is 10.6. The second-order valence-corrected chi connectivity index (χ2v) is 5.56. The van der Waals surface area contributed by atoms with Gasteiger partial charge in [-0.05, 0) is 73.9 Å². The summed E-state index contributed by atoms with van der Waals surface area (Å²) < 4.78 is 5.34. The maximum atomic E-state index is 5.34. The molecule has 1 aromatic carbocycles. The molecule has 1 fully saturated rings. The van der Waals surface area contributed by atoms with Crippen LogP contribution in [0.4, 0.5) is 0 Å². The van der Waals surface area contributed by atoms with E-state index < -0.39 is 0 Å². The largest absolute Gasteiger partial charge is 0.497 e. The van der Waals surface area contributed by atoms with Crippen molar-refractivity contribution < 1.29 is 4.74 Å². The summed E-state index contributed by atoms with van der Waals surface area (Å²) in [5.41, 5.74) is 3.64. The predicted molar refractivity (Wildman–Crippen MR) is 69.6 cm³/mol. The summed E-state index contributed by atoms with van der Waals surface area (Å²) in [5, 5.41) is 3.48. The Morgan fingerprint density at radius 1 is 1.12 bits per heavy atom. The smallest absolute Gasteiger partial charge is 0.119 e. The minimum absolute atomic E-state index is 0.574. The lowest BCUT2D eigenvalue weighted by molar-refractivity contribution is 0.173. The van der Waals surface area contributed by atoms with Crippen molar-refractivity contribution in [2.75, 3.05) is 20.2 Å². The van der Waals surface area contributed by atoms with Gasteiger partial charge in [-0.25, -0.2) is 0 Å². The fourth-order valence-corrected chi connectivity index (χ4v) is 3.41. The van der Waals surface area contributed by atoms with Crippen LogP contribution in [0.25, 0.3) is 0 Å². The van der Waals surface area contributed by atoms with Gasteiger partial charge in [0.2, 0.25) is 0 Å². The molecule has 17 heavy (non-hydrogen) atoms. The molecule has 0 amide bonds. The molecule has 1 heterocycles. The first-order valence-electron chi connectivity index (χ1n) is 6.68. The number of methoxy groups -OCH3 is 1. The Labute approximate surface area is 103 Å². The van der Waals surface area contributed by atoms with E-state index in [1.807, 2.05) is 0 Å². The molecular weight excluding hydrogens is 210 g/mol. The Morgan fingerprint density at radius 2 is 1.94 bits per heavy atom. The van der Waals surface area contributed by atoms with Crippen molar-refractivity contribution in [2.45, 2.75) is 32.1 Å². The molecule has 1 aliphatic carbocycles. The van der Waals surface area contributed by atoms with E-state index in [1.54, 1.807) is 7.11 Å². The van der Waals surface area contributed by atoms with E-state index in [0.717, 1.165) is 5.75 Å². The topological polar surface area (TPSA) is 21.3 Å². The minimum atomic E-state index is 0.574. The average molecular weight is 231 g/mol. The molecule has 1 aromatic rings. The number of hydrogen-bond acceptors (Lipinski definition) is 2. The summed E-state index contributed by atoms with van der Waals surface area (Å²) >= 11 is 0. The van der Waals surface area contributed by atoms with Crippen molar-refractivity contribution >= 4 is 0 Å². The van der Waals surface area contributed by atoms with Gasteiger partial charge in [-0.2, -0.15) is 0 Å². The third-order valence-electron chi connectivity index (χ3n) is 4.57. The highest BCUT2D eigenvalue weighted by molar-refractivity contribution is 5.38. The van der Waals surface area contributed by atoms with Crippen molar-refractivity contribution in [3.05, 3.63) is 29.3 Å². The highest BCUT2D eigenvalue weighted by atomic mass is 16.5. The average Bonchev–Trinajstić information content (AvgIpc) is 2.39. The molecule has 2 nitrogen and oxygen atoms in total. The Balaban J connectivity index is 1.87. The lowest BCUT2D eigenvalue weighted by Gasteiger charge is -2.41. The van der Waals surface area contributed by atoms with Crippen molar-refractivity contribution in [1.29, 1.82) is 0 Å². The van der Waals surface area contributed by atoms with E-state index in [4.69, 9.17) is 4.74 Å². The SMILES string of the molecule is COc1ccc2c(c1)CC1(CCNCC1)CC2. The van der Waals surface area contributed by atoms with Crippen molar-refractivity contribution in [3.8, 4) is 5.75 Å². The first-order chi connectivity index (χ1) is 8.31. The molecule has 0 aromatic heterocycles. The van der Waals surface area contributed by atoms with Crippen LogP contribution in [0.2, 0.25) is 0 Å². The van der Waals surface area contributed by atoms with Crippen molar-refractivity contribution in [3.63, 3.8) is 0 Å². The number of ether oxygens (including phenoxy) is 1. The summed E-state index contributed by atoms with van der Waals surface area (Å²) in [6.07, 6.45) is 6.54. The van der Waals surface area contributed by atoms with Gasteiger partial charge in [0.05, 0.1) is 7.11 Å². The molecule has 0 bridgehead atoms. The number of nitrogens with one attached hydrogen (secondary N) is 1. The second-order valence-electron chi connectivity index (χ2n) is 5.56. The molecule has 1 spiro atoms. The fraction of sp³-hybridized carbons (Fsp3) is 0.600. The van der Waals surface area contributed by atoms with E-state index in [1.165, 1.54) is 56.3 Å². The summed E-state index contributed by atoms with van der Waals surface area (Å²) in [5.74, 6) is 1.01. The molecule has 1 aliphatic heterocycles. The number of rotatable bonds is 1. The Hall–Kier alpha value is -1.02. The summed E-state index contributed by atoms with van der Waals surface area (Å²) in [6, 6.07) is 6.60. The molecule has 2 aliphatic rings. The van der Waals surface area contributed by atoms with E-state index >= 15 is 0 Å². The third-order valence-corrected chi connectivity index (χ3v) is 4.57. The van der Waals surface area contributed by atoms with Crippen molar-refractivity contribution in [2.24, 2.45) is 5.41 Å². The maximum absolute atomic E-state index is 5.34. The van der Waals surface area contributed by atoms with Crippen LogP contribution in [-0.4, -0.2) is 20.2 Å². The molecule has 1 saturated heterocycles. The van der Waals surface area contributed by atoms with Gasteiger partial charge in [0, 0.05) is 0 Å². The molecule has 0 saturated carbocycles. The Kier molecular flexibility index (Phi) is 2.83. The predicted octanol–water partition coefficient (Wildman–Crippen LogP) is 2.55. The van der Waals surface area contributed by atoms with Crippen LogP contribution in [0.5, 0.6) is 5.75 Å². The van der Waals surface area contributed by atoms with Gasteiger partial charge < -0.3 is 10.1 Å². The van der Waals surface area contributed by atoms with Crippen molar-refractivity contribution in [1.82, 2.24) is 5.32 Å². The van der Waals surface area contributed by atoms with Gasteiger partial charge in [-0.3, -0.25) is 0 Å². The van der Waals surface area contributed by atoms with Crippen LogP contribution < -0.4 is 10.1 Å². The van der Waals surface area contributed by atoms with Crippen LogP contribution in [0.15, 0.2) is 18.2 Å². The number of piperidine rings is 1. The van der Waals surface area contributed by atoms with E-state index in [9.17, 15) is 0 Å². The standard InChI is InChI=1S/C15H21NO/c1-17-14-3-2-12-4-5-15(11-13(12)10-14)6-8-16-9-7-15/h2-3,10,16H,4-9,11H2,1H3. The maximum Gasteiger partial charge on any atom is 0.119 e. The molecule has 0 unspecified atom stereocenters. The van der Waals surface area contributed by atoms with Crippen LogP contribution in [0, 0.1) is 5.41 Å². The second kappa shape index (κ2) is 4.34. The molecule has 0 radical (unpaired) electrons. The summed E-state index contributed by atoms with van der Waals surface area (Å²) in [7, 11) is 1.75. The number of benzene rings is 1. The first-order valence-corrected chi connectivity index (χ1v) is 6.68. The van der Waals surface area contributed by atoms with E-state index in [2.05, 4.69) is 23.5 Å². The molecule has 3 rings (SSSR count). The normalized spacial score (nSPS) is 22.2. The highest BCUT2D eigenvalue weighted by Gasteiger charge is 2.35. The summed E-state index contributed by atoms with van der Waals surface area (Å²) in [6.45, 7) is 2.39. The zero-order valence-corrected chi connectivity index (χ0v) is 10.6. The first kappa shape index (κ1) is 11.1. The van der Waals surface area contributed by atoms with Crippen LogP contribution in [-0.2, 0) is 12.8 Å². The molecule has 1 N–H and O–H groups in total. The molecule has 92 valence electrons. The van der Waals surface area contributed by atoms with Gasteiger partial charge in [0.25, 0.3) is 0 Å². The Morgan fingerprint density at radius 3 is 2.71 bits per heavy atom. The van der Waals surface area contributed by atoms with E-state index in [-0.39, 0.29) is 0 Å². The fourth-order valence-electron chi connectivity index (χ4n) is 3.41. The number of hydrogen-bond donors (Lipinski definition) is 1. The van der Waals surface area contributed by atoms with Gasteiger partial charge in [0.1, 0.15) is 5.75 Å². The van der Waals surface area contributed by atoms with E-state index in [0.29, 0.717) is 5.41 Å². The molecular formula is C15H21NO. The quantitative estimate of drug-likeness (QED) is 0.802.